The van der Waals surface area contributed by atoms with Crippen molar-refractivity contribution in [2.24, 2.45) is 23.7 Å². The van der Waals surface area contributed by atoms with Gasteiger partial charge in [-0.25, -0.2) is 0 Å². The molecule has 0 radical (unpaired) electrons. The maximum absolute atomic E-state index is 13.7. The van der Waals surface area contributed by atoms with Gasteiger partial charge < -0.3 is 0 Å². The zero-order valence-corrected chi connectivity index (χ0v) is 17.4. The summed E-state index contributed by atoms with van der Waals surface area (Å²) in [5.74, 6) is 0.519. The number of rotatable bonds is 1. The molecule has 0 aromatic heterocycles. The highest BCUT2D eigenvalue weighted by molar-refractivity contribution is 6.22. The fraction of sp³-hybridized carbons (Fsp3) is 0.615. The molecular formula is C26H33NO2. The Hall–Kier alpha value is -1.90. The Labute approximate surface area is 174 Å². The van der Waals surface area contributed by atoms with Crippen LogP contribution in [0.3, 0.4) is 0 Å². The molecule has 4 aliphatic rings. The molecule has 0 bridgehead atoms. The maximum atomic E-state index is 13.7. The third-order valence-electron chi connectivity index (χ3n) is 8.01. The van der Waals surface area contributed by atoms with Gasteiger partial charge in [-0.15, -0.1) is 0 Å². The summed E-state index contributed by atoms with van der Waals surface area (Å²) < 4.78 is 0. The largest absolute Gasteiger partial charge is 0.274 e. The molecule has 0 unspecified atom stereocenters. The predicted octanol–water partition coefficient (Wildman–Crippen LogP) is 6.04. The van der Waals surface area contributed by atoms with Gasteiger partial charge in [-0.05, 0) is 62.5 Å². The van der Waals surface area contributed by atoms with Gasteiger partial charge in [-0.2, -0.15) is 0 Å². The first-order valence-electron chi connectivity index (χ1n) is 11.9. The summed E-state index contributed by atoms with van der Waals surface area (Å²) >= 11 is 0. The molecule has 1 aromatic rings. The lowest BCUT2D eigenvalue weighted by atomic mass is 9.60. The number of hydrogen-bond acceptors (Lipinski definition) is 2. The van der Waals surface area contributed by atoms with E-state index in [1.165, 1.54) is 51.4 Å². The van der Waals surface area contributed by atoms with Gasteiger partial charge in [0.15, 0.2) is 0 Å². The van der Waals surface area contributed by atoms with E-state index in [2.05, 4.69) is 0 Å². The zero-order valence-electron chi connectivity index (χ0n) is 17.4. The molecule has 3 nitrogen and oxygen atoms in total. The fourth-order valence-electron chi connectivity index (χ4n) is 6.77. The van der Waals surface area contributed by atoms with Gasteiger partial charge >= 0.3 is 0 Å². The van der Waals surface area contributed by atoms with E-state index in [0.29, 0.717) is 11.8 Å². The lowest BCUT2D eigenvalue weighted by Crippen LogP contribution is -2.39. The van der Waals surface area contributed by atoms with Crippen molar-refractivity contribution in [2.75, 3.05) is 4.90 Å². The number of carbonyl (C=O) groups excluding carboxylic acids is 2. The molecular weight excluding hydrogens is 358 g/mol. The van der Waals surface area contributed by atoms with Crippen molar-refractivity contribution in [3.05, 3.63) is 41.5 Å². The molecule has 3 fully saturated rings. The van der Waals surface area contributed by atoms with Crippen LogP contribution in [0.2, 0.25) is 0 Å². The van der Waals surface area contributed by atoms with Gasteiger partial charge in [0, 0.05) is 0 Å². The van der Waals surface area contributed by atoms with Crippen molar-refractivity contribution in [1.82, 2.24) is 0 Å². The molecule has 3 heteroatoms. The third-order valence-corrected chi connectivity index (χ3v) is 8.01. The van der Waals surface area contributed by atoms with Crippen LogP contribution in [0.15, 0.2) is 41.5 Å². The molecule has 4 atom stereocenters. The summed E-state index contributed by atoms with van der Waals surface area (Å²) in [6.07, 6.45) is 14.6. The number of benzene rings is 1. The lowest BCUT2D eigenvalue weighted by Gasteiger charge is -2.42. The molecule has 1 aromatic carbocycles. The highest BCUT2D eigenvalue weighted by atomic mass is 16.2. The van der Waals surface area contributed by atoms with Gasteiger partial charge in [0.1, 0.15) is 0 Å². The van der Waals surface area contributed by atoms with Gasteiger partial charge in [0.2, 0.25) is 11.8 Å². The molecule has 154 valence electrons. The van der Waals surface area contributed by atoms with Gasteiger partial charge in [0.05, 0.1) is 17.5 Å². The normalized spacial score (nSPS) is 33.2. The van der Waals surface area contributed by atoms with Crippen LogP contribution in [-0.4, -0.2) is 11.8 Å². The highest BCUT2D eigenvalue weighted by Gasteiger charge is 2.57. The maximum Gasteiger partial charge on any atom is 0.238 e. The second-order valence-corrected chi connectivity index (χ2v) is 9.57. The smallest absolute Gasteiger partial charge is 0.238 e. The lowest BCUT2D eigenvalue weighted by molar-refractivity contribution is -0.123. The minimum absolute atomic E-state index is 0.0791. The van der Waals surface area contributed by atoms with E-state index in [-0.39, 0.29) is 23.7 Å². The molecule has 5 rings (SSSR count). The van der Waals surface area contributed by atoms with Crippen molar-refractivity contribution in [2.45, 2.75) is 77.0 Å². The number of hydrogen-bond donors (Lipinski definition) is 0. The average Bonchev–Trinajstić information content (AvgIpc) is 2.94. The zero-order chi connectivity index (χ0) is 19.8. The summed E-state index contributed by atoms with van der Waals surface area (Å²) in [6, 6.07) is 9.64. The van der Waals surface area contributed by atoms with Crippen molar-refractivity contribution < 1.29 is 9.59 Å². The van der Waals surface area contributed by atoms with Crippen LogP contribution in [0.5, 0.6) is 0 Å². The SMILES string of the molecule is O=C1[C@@H]2[C@H](C(=O)N1c1ccccc1)[C@@H]1CCCCCCC1=C1CCCCCC[C@@H]12. The Morgan fingerprint density at radius 1 is 0.621 bits per heavy atom. The second-order valence-electron chi connectivity index (χ2n) is 9.57. The number of anilines is 1. The minimum Gasteiger partial charge on any atom is -0.274 e. The summed E-state index contributed by atoms with van der Waals surface area (Å²) in [5.41, 5.74) is 3.97. The first kappa shape index (κ1) is 19.1. The molecule has 0 N–H and O–H groups in total. The van der Waals surface area contributed by atoms with Crippen LogP contribution in [0, 0.1) is 23.7 Å². The van der Waals surface area contributed by atoms with E-state index in [1.54, 1.807) is 16.0 Å². The monoisotopic (exact) mass is 391 g/mol. The van der Waals surface area contributed by atoms with Crippen LogP contribution >= 0.6 is 0 Å². The van der Waals surface area contributed by atoms with E-state index >= 15 is 0 Å². The van der Waals surface area contributed by atoms with E-state index in [4.69, 9.17) is 0 Å². The average molecular weight is 392 g/mol. The number of carbonyl (C=O) groups is 2. The van der Waals surface area contributed by atoms with E-state index in [1.807, 2.05) is 30.3 Å². The Balaban J connectivity index is 1.60. The summed E-state index contributed by atoms with van der Waals surface area (Å²) in [5, 5.41) is 0. The predicted molar refractivity (Wildman–Crippen MR) is 115 cm³/mol. The third kappa shape index (κ3) is 3.27. The topological polar surface area (TPSA) is 37.4 Å². The van der Waals surface area contributed by atoms with Crippen LogP contribution < -0.4 is 4.90 Å². The number of imide groups is 1. The molecule has 2 amide bonds. The van der Waals surface area contributed by atoms with Gasteiger partial charge in [-0.1, -0.05) is 67.9 Å². The van der Waals surface area contributed by atoms with Crippen molar-refractivity contribution in [3.63, 3.8) is 0 Å². The summed E-state index contributed by atoms with van der Waals surface area (Å²) in [7, 11) is 0. The number of para-hydroxylation sites is 1. The molecule has 1 saturated heterocycles. The Morgan fingerprint density at radius 2 is 1.10 bits per heavy atom. The molecule has 1 aliphatic heterocycles. The molecule has 1 heterocycles. The van der Waals surface area contributed by atoms with E-state index in [0.717, 1.165) is 31.4 Å². The molecule has 2 saturated carbocycles. The fourth-order valence-corrected chi connectivity index (χ4v) is 6.77. The number of nitrogens with zero attached hydrogens (tertiary/aromatic N) is 1. The van der Waals surface area contributed by atoms with Crippen molar-refractivity contribution in [3.8, 4) is 0 Å². The summed E-state index contributed by atoms with van der Waals surface area (Å²) in [6.45, 7) is 0. The Bertz CT molecular complexity index is 763. The quantitative estimate of drug-likeness (QED) is 0.432. The number of fused-ring (bicyclic) bond motifs is 5. The van der Waals surface area contributed by atoms with Crippen LogP contribution in [0.4, 0.5) is 5.69 Å². The highest BCUT2D eigenvalue weighted by Crippen LogP contribution is 2.54. The first-order valence-corrected chi connectivity index (χ1v) is 11.9. The standard InChI is InChI=1S/C26H33NO2/c28-25-23-21-16-10-3-1-8-14-19(21)20-15-9-2-4-11-17-22(20)24(23)26(29)27(25)18-12-6-5-7-13-18/h5-7,12-13,21-24H,1-4,8-11,14-17H2/t21-,22+,23-,24+. The van der Waals surface area contributed by atoms with Crippen LogP contribution in [0.25, 0.3) is 0 Å². The van der Waals surface area contributed by atoms with Gasteiger partial charge in [0.25, 0.3) is 0 Å². The van der Waals surface area contributed by atoms with E-state index < -0.39 is 0 Å². The Kier molecular flexibility index (Phi) is 5.32. The van der Waals surface area contributed by atoms with Crippen LogP contribution in [0.1, 0.15) is 77.0 Å². The van der Waals surface area contributed by atoms with Gasteiger partial charge in [-0.3, -0.25) is 14.5 Å². The van der Waals surface area contributed by atoms with E-state index in [9.17, 15) is 9.59 Å². The number of allylic oxidation sites excluding steroid dienone is 2. The first-order chi connectivity index (χ1) is 14.3. The van der Waals surface area contributed by atoms with Crippen molar-refractivity contribution in [1.29, 1.82) is 0 Å². The molecule has 3 aliphatic carbocycles. The van der Waals surface area contributed by atoms with Crippen LogP contribution in [-0.2, 0) is 9.59 Å². The minimum atomic E-state index is -0.121. The van der Waals surface area contributed by atoms with Crippen molar-refractivity contribution >= 4 is 17.5 Å². The summed E-state index contributed by atoms with van der Waals surface area (Å²) in [4.78, 5) is 29.0. The second kappa shape index (κ2) is 8.08. The molecule has 0 spiro atoms. The number of amides is 2. The molecule has 29 heavy (non-hydrogen) atoms. The Morgan fingerprint density at radius 3 is 1.62 bits per heavy atom.